The Labute approximate surface area is 96.7 Å². The molecular formula is C11H9N2O4-. The Morgan fingerprint density at radius 3 is 2.41 bits per heavy atom. The second kappa shape index (κ2) is 5.45. The fourth-order valence-corrected chi connectivity index (χ4v) is 1.13. The Kier molecular flexibility index (Phi) is 3.99. The summed E-state index contributed by atoms with van der Waals surface area (Å²) in [5.74, 6) is -2.86. The molecule has 6 heteroatoms. The summed E-state index contributed by atoms with van der Waals surface area (Å²) in [4.78, 5) is 32.3. The van der Waals surface area contributed by atoms with Gasteiger partial charge in [0.15, 0.2) is 0 Å². The zero-order chi connectivity index (χ0) is 12.8. The number of primary amides is 1. The van der Waals surface area contributed by atoms with Crippen molar-refractivity contribution < 1.29 is 19.5 Å². The Morgan fingerprint density at radius 2 is 1.82 bits per heavy atom. The molecule has 0 unspecified atom stereocenters. The molecule has 0 saturated carbocycles. The van der Waals surface area contributed by atoms with E-state index in [0.29, 0.717) is 6.08 Å². The van der Waals surface area contributed by atoms with E-state index in [4.69, 9.17) is 5.73 Å². The molecular weight excluding hydrogens is 224 g/mol. The summed E-state index contributed by atoms with van der Waals surface area (Å²) in [5, 5.41) is 12.4. The molecule has 1 rings (SSSR count). The van der Waals surface area contributed by atoms with Crippen LogP contribution in [0.25, 0.3) is 0 Å². The van der Waals surface area contributed by atoms with E-state index in [1.165, 1.54) is 12.1 Å². The van der Waals surface area contributed by atoms with Gasteiger partial charge in [0.1, 0.15) is 0 Å². The molecule has 1 aromatic carbocycles. The molecule has 1 aromatic rings. The largest absolute Gasteiger partial charge is 0.545 e. The molecule has 0 atom stereocenters. The van der Waals surface area contributed by atoms with Gasteiger partial charge in [0.25, 0.3) is 5.91 Å². The fraction of sp³-hybridized carbons (Fsp3) is 0. The molecule has 0 bridgehead atoms. The maximum Gasteiger partial charge on any atom is 0.250 e. The van der Waals surface area contributed by atoms with Crippen LogP contribution in [-0.4, -0.2) is 17.8 Å². The number of nitrogens with one attached hydrogen (secondary N) is 1. The minimum atomic E-state index is -1.48. The van der Waals surface area contributed by atoms with Gasteiger partial charge in [-0.25, -0.2) is 0 Å². The van der Waals surface area contributed by atoms with Crippen LogP contribution >= 0.6 is 0 Å². The van der Waals surface area contributed by atoms with Crippen molar-refractivity contribution in [3.05, 3.63) is 42.0 Å². The van der Waals surface area contributed by atoms with Crippen molar-refractivity contribution in [3.63, 3.8) is 0 Å². The third-order valence-electron chi connectivity index (χ3n) is 1.82. The lowest BCUT2D eigenvalue weighted by Gasteiger charge is -2.06. The number of nitrogens with two attached hydrogens (primary N) is 1. The highest BCUT2D eigenvalue weighted by Gasteiger charge is 2.08. The number of carboxylic acid groups (broad SMARTS) is 1. The van der Waals surface area contributed by atoms with E-state index in [2.05, 4.69) is 5.32 Å². The summed E-state index contributed by atoms with van der Waals surface area (Å²) in [7, 11) is 0. The Bertz CT molecular complexity index is 494. The van der Waals surface area contributed by atoms with Gasteiger partial charge in [-0.1, -0.05) is 12.1 Å². The molecule has 0 radical (unpaired) electrons. The highest BCUT2D eigenvalue weighted by atomic mass is 16.4. The van der Waals surface area contributed by atoms with Crippen LogP contribution in [0.1, 0.15) is 10.4 Å². The van der Waals surface area contributed by atoms with Crippen LogP contribution in [0.2, 0.25) is 0 Å². The molecule has 0 aliphatic rings. The van der Waals surface area contributed by atoms with E-state index in [1.54, 1.807) is 12.1 Å². The molecule has 0 saturated heterocycles. The lowest BCUT2D eigenvalue weighted by atomic mass is 10.1. The van der Waals surface area contributed by atoms with Gasteiger partial charge in [-0.05, 0) is 18.2 Å². The molecule has 3 N–H and O–H groups in total. The molecule has 88 valence electrons. The number of anilines is 1. The highest BCUT2D eigenvalue weighted by molar-refractivity contribution is 6.07. The van der Waals surface area contributed by atoms with E-state index < -0.39 is 17.8 Å². The smallest absolute Gasteiger partial charge is 0.250 e. The normalized spacial score (nSPS) is 10.1. The van der Waals surface area contributed by atoms with Gasteiger partial charge in [-0.15, -0.1) is 0 Å². The number of benzene rings is 1. The monoisotopic (exact) mass is 233 g/mol. The lowest BCUT2D eigenvalue weighted by molar-refractivity contribution is -0.297. The van der Waals surface area contributed by atoms with Gasteiger partial charge in [0.05, 0.1) is 17.2 Å². The predicted molar refractivity (Wildman–Crippen MR) is 57.7 cm³/mol. The second-order valence-corrected chi connectivity index (χ2v) is 3.05. The predicted octanol–water partition coefficient (Wildman–Crippen LogP) is -0.970. The number of carboxylic acids is 1. The van der Waals surface area contributed by atoms with Crippen LogP contribution < -0.4 is 16.2 Å². The topological polar surface area (TPSA) is 112 Å². The van der Waals surface area contributed by atoms with Crippen molar-refractivity contribution in [2.24, 2.45) is 5.73 Å². The average molecular weight is 233 g/mol. The van der Waals surface area contributed by atoms with Gasteiger partial charge < -0.3 is 21.0 Å². The Balaban J connectivity index is 2.85. The van der Waals surface area contributed by atoms with Crippen LogP contribution in [0, 0.1) is 0 Å². The Hall–Kier alpha value is -2.63. The number of para-hydroxylation sites is 1. The van der Waals surface area contributed by atoms with E-state index in [1.807, 2.05) is 0 Å². The van der Waals surface area contributed by atoms with E-state index >= 15 is 0 Å². The summed E-state index contributed by atoms with van der Waals surface area (Å²) < 4.78 is 0. The molecule has 6 nitrogen and oxygen atoms in total. The van der Waals surface area contributed by atoms with Crippen molar-refractivity contribution in [2.75, 3.05) is 5.32 Å². The summed E-state index contributed by atoms with van der Waals surface area (Å²) in [6.45, 7) is 0. The minimum Gasteiger partial charge on any atom is -0.545 e. The zero-order valence-corrected chi connectivity index (χ0v) is 8.67. The van der Waals surface area contributed by atoms with Crippen LogP contribution in [0.5, 0.6) is 0 Å². The molecule has 0 aromatic heterocycles. The number of rotatable bonds is 4. The third-order valence-corrected chi connectivity index (χ3v) is 1.82. The van der Waals surface area contributed by atoms with Crippen molar-refractivity contribution >= 4 is 23.5 Å². The maximum absolute atomic E-state index is 11.3. The minimum absolute atomic E-state index is 0.141. The molecule has 0 spiro atoms. The van der Waals surface area contributed by atoms with Gasteiger partial charge in [0.2, 0.25) is 5.91 Å². The molecule has 0 aliphatic heterocycles. The zero-order valence-electron chi connectivity index (χ0n) is 8.67. The van der Waals surface area contributed by atoms with E-state index in [0.717, 1.165) is 6.08 Å². The lowest BCUT2D eigenvalue weighted by Crippen LogP contribution is -2.20. The number of aliphatic carboxylic acids is 1. The van der Waals surface area contributed by atoms with Crippen LogP contribution in [0.15, 0.2) is 36.4 Å². The summed E-state index contributed by atoms with van der Waals surface area (Å²) in [6.07, 6.45) is 1.37. The summed E-state index contributed by atoms with van der Waals surface area (Å²) in [5.41, 5.74) is 5.46. The molecule has 0 heterocycles. The van der Waals surface area contributed by atoms with Gasteiger partial charge in [-0.3, -0.25) is 9.59 Å². The van der Waals surface area contributed by atoms with Crippen molar-refractivity contribution in [1.29, 1.82) is 0 Å². The van der Waals surface area contributed by atoms with Crippen LogP contribution in [0.3, 0.4) is 0 Å². The standard InChI is InChI=1S/C11H10N2O4/c12-11(17)7-3-1-2-4-8(7)13-9(14)5-6-10(15)16/h1-6H,(H2,12,17)(H,13,14)(H,15,16)/p-1/b6-5+. The van der Waals surface area contributed by atoms with Crippen LogP contribution in [-0.2, 0) is 9.59 Å². The number of hydrogen-bond acceptors (Lipinski definition) is 4. The van der Waals surface area contributed by atoms with Gasteiger partial charge in [0, 0.05) is 6.08 Å². The first-order chi connectivity index (χ1) is 8.00. The summed E-state index contributed by atoms with van der Waals surface area (Å²) >= 11 is 0. The quantitative estimate of drug-likeness (QED) is 0.651. The molecule has 0 aliphatic carbocycles. The SMILES string of the molecule is NC(=O)c1ccccc1NC(=O)/C=C/C(=O)[O-]. The first-order valence-corrected chi connectivity index (χ1v) is 4.59. The Morgan fingerprint density at radius 1 is 1.18 bits per heavy atom. The van der Waals surface area contributed by atoms with E-state index in [-0.39, 0.29) is 11.3 Å². The molecule has 0 fully saturated rings. The van der Waals surface area contributed by atoms with Crippen LogP contribution in [0.4, 0.5) is 5.69 Å². The number of amides is 2. The first kappa shape index (κ1) is 12.4. The summed E-state index contributed by atoms with van der Waals surface area (Å²) in [6, 6.07) is 6.11. The van der Waals surface area contributed by atoms with Crippen molar-refractivity contribution in [3.8, 4) is 0 Å². The fourth-order valence-electron chi connectivity index (χ4n) is 1.13. The number of carbonyl (C=O) groups excluding carboxylic acids is 3. The molecule has 2 amide bonds. The number of carbonyl (C=O) groups is 3. The van der Waals surface area contributed by atoms with E-state index in [9.17, 15) is 19.5 Å². The average Bonchev–Trinajstić information content (AvgIpc) is 2.27. The third kappa shape index (κ3) is 3.78. The van der Waals surface area contributed by atoms with Crippen molar-refractivity contribution in [1.82, 2.24) is 0 Å². The second-order valence-electron chi connectivity index (χ2n) is 3.05. The molecule has 17 heavy (non-hydrogen) atoms. The van der Waals surface area contributed by atoms with Gasteiger partial charge in [-0.2, -0.15) is 0 Å². The highest BCUT2D eigenvalue weighted by Crippen LogP contribution is 2.13. The van der Waals surface area contributed by atoms with Gasteiger partial charge >= 0.3 is 0 Å². The first-order valence-electron chi connectivity index (χ1n) is 4.59. The number of hydrogen-bond donors (Lipinski definition) is 2. The maximum atomic E-state index is 11.3. The van der Waals surface area contributed by atoms with Crippen molar-refractivity contribution in [2.45, 2.75) is 0 Å².